The first kappa shape index (κ1) is 25.4. The summed E-state index contributed by atoms with van der Waals surface area (Å²) in [5.41, 5.74) is 3.02. The van der Waals surface area contributed by atoms with E-state index in [1.165, 1.54) is 11.1 Å². The van der Waals surface area contributed by atoms with E-state index in [9.17, 15) is 0 Å². The van der Waals surface area contributed by atoms with Crippen LogP contribution in [0.5, 0.6) is 5.75 Å². The predicted molar refractivity (Wildman–Crippen MR) is 132 cm³/mol. The molecule has 0 saturated heterocycles. The van der Waals surface area contributed by atoms with Crippen LogP contribution in [0.3, 0.4) is 0 Å². The number of likely N-dealkylation sites (N-methyl/N-ethyl adjacent to an activating group) is 1. The van der Waals surface area contributed by atoms with Gasteiger partial charge in [-0.05, 0) is 42.9 Å². The Morgan fingerprint density at radius 3 is 2.10 bits per heavy atom. The highest BCUT2D eigenvalue weighted by atomic mass is 16.5. The Balaban J connectivity index is 2.04. The summed E-state index contributed by atoms with van der Waals surface area (Å²) >= 11 is 0. The molecule has 0 amide bonds. The van der Waals surface area contributed by atoms with Crippen LogP contribution in [-0.4, -0.2) is 44.9 Å². The van der Waals surface area contributed by atoms with Gasteiger partial charge in [-0.2, -0.15) is 0 Å². The minimum atomic E-state index is 0.0313. The van der Waals surface area contributed by atoms with E-state index in [2.05, 4.69) is 73.0 Å². The molecule has 172 valence electrons. The van der Waals surface area contributed by atoms with Crippen LogP contribution in [0.2, 0.25) is 0 Å². The summed E-state index contributed by atoms with van der Waals surface area (Å²) in [5.74, 6) is 2.16. The van der Waals surface area contributed by atoms with Crippen molar-refractivity contribution in [3.8, 4) is 5.75 Å². The number of nitrogens with zero attached hydrogens (tertiary/aromatic N) is 1. The van der Waals surface area contributed by atoms with E-state index < -0.39 is 0 Å². The van der Waals surface area contributed by atoms with Crippen molar-refractivity contribution in [1.82, 2.24) is 0 Å². The zero-order valence-electron chi connectivity index (χ0n) is 20.9. The lowest BCUT2D eigenvalue weighted by Crippen LogP contribution is -2.58. The molecule has 1 atom stereocenters. The third kappa shape index (κ3) is 7.36. The summed E-state index contributed by atoms with van der Waals surface area (Å²) in [6.45, 7) is 14.6. The first-order valence-electron chi connectivity index (χ1n) is 11.8. The van der Waals surface area contributed by atoms with Gasteiger partial charge in [0.1, 0.15) is 24.4 Å². The second kappa shape index (κ2) is 11.7. The highest BCUT2D eigenvalue weighted by molar-refractivity contribution is 5.32. The largest absolute Gasteiger partial charge is 0.491 e. The quantitative estimate of drug-likeness (QED) is 0.276. The molecule has 0 fully saturated rings. The molecule has 0 radical (unpaired) electrons. The Bertz CT molecular complexity index is 770. The van der Waals surface area contributed by atoms with Crippen LogP contribution < -0.4 is 4.74 Å². The lowest BCUT2D eigenvalue weighted by atomic mass is 9.77. The van der Waals surface area contributed by atoms with Crippen LogP contribution in [0.1, 0.15) is 52.2 Å². The van der Waals surface area contributed by atoms with E-state index in [1.807, 2.05) is 30.3 Å². The fourth-order valence-electron chi connectivity index (χ4n) is 4.52. The maximum Gasteiger partial charge on any atom is 0.122 e. The maximum absolute atomic E-state index is 5.98. The van der Waals surface area contributed by atoms with Gasteiger partial charge in [-0.15, -0.1) is 0 Å². The Hall–Kier alpha value is -1.84. The van der Waals surface area contributed by atoms with Crippen LogP contribution in [0.25, 0.3) is 0 Å². The average Bonchev–Trinajstić information content (AvgIpc) is 2.70. The number of benzene rings is 2. The van der Waals surface area contributed by atoms with E-state index in [0.29, 0.717) is 25.0 Å². The Kier molecular flexibility index (Phi) is 9.58. The first-order chi connectivity index (χ1) is 14.7. The molecule has 2 aromatic carbocycles. The number of para-hydroxylation sites is 1. The van der Waals surface area contributed by atoms with Gasteiger partial charge in [-0.25, -0.2) is 0 Å². The van der Waals surface area contributed by atoms with Gasteiger partial charge >= 0.3 is 0 Å². The molecule has 2 rings (SSSR count). The molecule has 0 aromatic heterocycles. The van der Waals surface area contributed by atoms with Crippen LogP contribution in [0.15, 0.2) is 54.6 Å². The minimum Gasteiger partial charge on any atom is -0.491 e. The highest BCUT2D eigenvalue weighted by Crippen LogP contribution is 2.40. The molecular weight excluding hydrogens is 382 g/mol. The van der Waals surface area contributed by atoms with Crippen molar-refractivity contribution in [2.24, 2.45) is 11.8 Å². The predicted octanol–water partition coefficient (Wildman–Crippen LogP) is 6.32. The van der Waals surface area contributed by atoms with Crippen LogP contribution in [-0.2, 0) is 16.7 Å². The number of quaternary nitrogens is 1. The van der Waals surface area contributed by atoms with Gasteiger partial charge < -0.3 is 14.0 Å². The molecule has 0 spiro atoms. The van der Waals surface area contributed by atoms with Gasteiger partial charge in [0.05, 0.1) is 27.3 Å². The van der Waals surface area contributed by atoms with Crippen molar-refractivity contribution in [2.75, 3.05) is 40.5 Å². The fraction of sp³-hybridized carbons (Fsp3) is 0.571. The minimum absolute atomic E-state index is 0.0313. The number of hydrogen-bond acceptors (Lipinski definition) is 2. The molecule has 0 heterocycles. The molecule has 1 unspecified atom stereocenters. The monoisotopic (exact) mass is 426 g/mol. The SMILES string of the molecule is CC(C)Cc1ccccc1C(C)(CC(C)C)[N+](C)(C)CCOCCOc1ccccc1. The molecule has 31 heavy (non-hydrogen) atoms. The van der Waals surface area contributed by atoms with Gasteiger partial charge in [0, 0.05) is 12.0 Å². The van der Waals surface area contributed by atoms with Gasteiger partial charge in [0.15, 0.2) is 0 Å². The lowest BCUT2D eigenvalue weighted by Gasteiger charge is -2.49. The van der Waals surface area contributed by atoms with Gasteiger partial charge in [0.2, 0.25) is 0 Å². The molecular formula is C28H44NO2+. The number of rotatable bonds is 13. The first-order valence-corrected chi connectivity index (χ1v) is 11.8. The topological polar surface area (TPSA) is 18.5 Å². The van der Waals surface area contributed by atoms with Crippen LogP contribution in [0, 0.1) is 11.8 Å². The van der Waals surface area contributed by atoms with E-state index in [1.54, 1.807) is 0 Å². The molecule has 2 aromatic rings. The Labute approximate surface area is 191 Å². The Morgan fingerprint density at radius 1 is 0.806 bits per heavy atom. The molecule has 3 heteroatoms. The summed E-state index contributed by atoms with van der Waals surface area (Å²) in [7, 11) is 4.72. The number of ether oxygens (including phenoxy) is 2. The molecule has 0 aliphatic carbocycles. The third-order valence-electron chi connectivity index (χ3n) is 6.40. The van der Waals surface area contributed by atoms with Gasteiger partial charge in [-0.1, -0.05) is 70.2 Å². The molecule has 0 aliphatic rings. The molecule has 3 nitrogen and oxygen atoms in total. The van der Waals surface area contributed by atoms with E-state index in [-0.39, 0.29) is 5.54 Å². The third-order valence-corrected chi connectivity index (χ3v) is 6.40. The van der Waals surface area contributed by atoms with Crippen LogP contribution in [0.4, 0.5) is 0 Å². The standard InChI is InChI=1S/C28H44NO2/c1-23(2)21-25-13-11-12-16-27(25)28(5,22-24(3)4)29(6,7)17-18-30-19-20-31-26-14-9-8-10-15-26/h8-16,23-24H,17-22H2,1-7H3/q+1. The van der Waals surface area contributed by atoms with E-state index in [4.69, 9.17) is 9.47 Å². The van der Waals surface area contributed by atoms with Gasteiger partial charge in [0.25, 0.3) is 0 Å². The summed E-state index contributed by atoms with van der Waals surface area (Å²) in [6.07, 6.45) is 2.27. The van der Waals surface area contributed by atoms with Gasteiger partial charge in [-0.3, -0.25) is 0 Å². The lowest BCUT2D eigenvalue weighted by molar-refractivity contribution is -0.949. The second-order valence-electron chi connectivity index (χ2n) is 10.3. The second-order valence-corrected chi connectivity index (χ2v) is 10.3. The summed E-state index contributed by atoms with van der Waals surface area (Å²) < 4.78 is 12.6. The van der Waals surface area contributed by atoms with Crippen molar-refractivity contribution >= 4 is 0 Å². The molecule has 0 bridgehead atoms. The molecule has 0 saturated carbocycles. The summed E-state index contributed by atoms with van der Waals surface area (Å²) in [6, 6.07) is 19.0. The highest BCUT2D eigenvalue weighted by Gasteiger charge is 2.44. The van der Waals surface area contributed by atoms with Crippen molar-refractivity contribution in [2.45, 2.75) is 53.0 Å². The number of hydrogen-bond donors (Lipinski definition) is 0. The smallest absolute Gasteiger partial charge is 0.122 e. The molecule has 0 aliphatic heterocycles. The Morgan fingerprint density at radius 2 is 1.45 bits per heavy atom. The summed E-state index contributed by atoms with van der Waals surface area (Å²) in [4.78, 5) is 0. The fourth-order valence-corrected chi connectivity index (χ4v) is 4.52. The van der Waals surface area contributed by atoms with Crippen LogP contribution >= 0.6 is 0 Å². The van der Waals surface area contributed by atoms with Crippen molar-refractivity contribution < 1.29 is 14.0 Å². The van der Waals surface area contributed by atoms with E-state index in [0.717, 1.165) is 36.2 Å². The van der Waals surface area contributed by atoms with Crippen molar-refractivity contribution in [3.05, 3.63) is 65.7 Å². The molecule has 0 N–H and O–H groups in total. The normalized spacial score (nSPS) is 14.1. The van der Waals surface area contributed by atoms with Crippen molar-refractivity contribution in [1.29, 1.82) is 0 Å². The zero-order valence-corrected chi connectivity index (χ0v) is 20.9. The van der Waals surface area contributed by atoms with E-state index >= 15 is 0 Å². The summed E-state index contributed by atoms with van der Waals surface area (Å²) in [5, 5.41) is 0. The average molecular weight is 427 g/mol. The van der Waals surface area contributed by atoms with Crippen molar-refractivity contribution in [3.63, 3.8) is 0 Å². The zero-order chi connectivity index (χ0) is 22.9. The maximum atomic E-state index is 5.98.